The molecule has 1 aliphatic rings. The molecule has 17 heavy (non-hydrogen) atoms. The van der Waals surface area contributed by atoms with Gasteiger partial charge in [-0.25, -0.2) is 0 Å². The molecule has 0 aromatic carbocycles. The maximum atomic E-state index is 11.9. The molecule has 0 radical (unpaired) electrons. The van der Waals surface area contributed by atoms with Crippen LogP contribution in [0.4, 0.5) is 5.69 Å². The van der Waals surface area contributed by atoms with Gasteiger partial charge in [-0.05, 0) is 19.9 Å². The van der Waals surface area contributed by atoms with Crippen LogP contribution in [0.25, 0.3) is 10.4 Å². The Kier molecular flexibility index (Phi) is 2.03. The minimum absolute atomic E-state index is 0.0245. The number of H-pyrrole nitrogens is 1. The second-order valence-electron chi connectivity index (χ2n) is 4.54. The zero-order chi connectivity index (χ0) is 12.0. The number of amides is 1. The van der Waals surface area contributed by atoms with Gasteiger partial charge in [0.1, 0.15) is 10.5 Å². The fraction of sp³-hybridized carbons (Fsp3) is 0.273. The van der Waals surface area contributed by atoms with Crippen molar-refractivity contribution in [2.24, 2.45) is 0 Å². The van der Waals surface area contributed by atoms with Gasteiger partial charge in [0.25, 0.3) is 5.91 Å². The number of nitrogens with one attached hydrogen (secondary N) is 3. The van der Waals surface area contributed by atoms with Gasteiger partial charge in [-0.3, -0.25) is 9.89 Å². The monoisotopic (exact) mass is 248 g/mol. The van der Waals surface area contributed by atoms with Crippen LogP contribution in [0.5, 0.6) is 0 Å². The highest BCUT2D eigenvalue weighted by atomic mass is 32.1. The van der Waals surface area contributed by atoms with Gasteiger partial charge < -0.3 is 10.6 Å². The third-order valence-electron chi connectivity index (χ3n) is 2.59. The van der Waals surface area contributed by atoms with E-state index < -0.39 is 5.66 Å². The molecule has 0 bridgehead atoms. The molecule has 2 aromatic heterocycles. The number of thiophene rings is 1. The number of aromatic amines is 1. The van der Waals surface area contributed by atoms with Crippen molar-refractivity contribution in [1.82, 2.24) is 15.5 Å². The standard InChI is InChI=1S/C11H12N4OS/c1-11(2)14-7-3-8(6-4-12-13-5-6)17-9(7)10(16)15-11/h3-5,14H,1-2H3,(H,12,13)(H,15,16). The zero-order valence-corrected chi connectivity index (χ0v) is 10.3. The number of carbonyl (C=O) groups is 1. The van der Waals surface area contributed by atoms with Gasteiger partial charge in [-0.2, -0.15) is 5.10 Å². The van der Waals surface area contributed by atoms with Crippen molar-refractivity contribution in [2.75, 3.05) is 5.32 Å². The first-order chi connectivity index (χ1) is 8.05. The Bertz CT molecular complexity index is 570. The van der Waals surface area contributed by atoms with Crippen LogP contribution < -0.4 is 10.6 Å². The summed E-state index contributed by atoms with van der Waals surface area (Å²) >= 11 is 1.47. The second kappa shape index (κ2) is 3.33. The van der Waals surface area contributed by atoms with Crippen LogP contribution in [-0.4, -0.2) is 21.8 Å². The van der Waals surface area contributed by atoms with E-state index in [4.69, 9.17) is 0 Å². The second-order valence-corrected chi connectivity index (χ2v) is 5.60. The Balaban J connectivity index is 2.07. The molecular formula is C11H12N4OS. The Hall–Kier alpha value is -1.82. The number of nitrogens with zero attached hydrogens (tertiary/aromatic N) is 1. The maximum Gasteiger partial charge on any atom is 0.265 e. The lowest BCUT2D eigenvalue weighted by atomic mass is 10.1. The van der Waals surface area contributed by atoms with E-state index in [2.05, 4.69) is 20.8 Å². The summed E-state index contributed by atoms with van der Waals surface area (Å²) in [6.45, 7) is 3.87. The Labute approximate surface area is 102 Å². The minimum Gasteiger partial charge on any atom is -0.362 e. The minimum atomic E-state index is -0.404. The van der Waals surface area contributed by atoms with E-state index >= 15 is 0 Å². The summed E-state index contributed by atoms with van der Waals surface area (Å²) in [5.41, 5.74) is 1.48. The van der Waals surface area contributed by atoms with Gasteiger partial charge in [0.15, 0.2) is 0 Å². The Morgan fingerprint density at radius 3 is 2.88 bits per heavy atom. The van der Waals surface area contributed by atoms with Crippen molar-refractivity contribution in [3.05, 3.63) is 23.3 Å². The smallest absolute Gasteiger partial charge is 0.265 e. The topological polar surface area (TPSA) is 69.8 Å². The Morgan fingerprint density at radius 2 is 2.18 bits per heavy atom. The summed E-state index contributed by atoms with van der Waals surface area (Å²) in [7, 11) is 0. The highest BCUT2D eigenvalue weighted by molar-refractivity contribution is 7.18. The molecule has 0 saturated carbocycles. The summed E-state index contributed by atoms with van der Waals surface area (Å²) in [4.78, 5) is 13.7. The average Bonchev–Trinajstić information content (AvgIpc) is 2.81. The summed E-state index contributed by atoms with van der Waals surface area (Å²) in [5.74, 6) is -0.0245. The van der Waals surface area contributed by atoms with Gasteiger partial charge >= 0.3 is 0 Å². The van der Waals surface area contributed by atoms with Crippen LogP contribution in [0, 0.1) is 0 Å². The molecule has 5 nitrogen and oxygen atoms in total. The van der Waals surface area contributed by atoms with Crippen LogP contribution in [-0.2, 0) is 0 Å². The molecule has 1 aliphatic heterocycles. The quantitative estimate of drug-likeness (QED) is 0.723. The van der Waals surface area contributed by atoms with Crippen molar-refractivity contribution >= 4 is 22.9 Å². The molecule has 3 N–H and O–H groups in total. The molecule has 2 aromatic rings. The molecular weight excluding hydrogens is 236 g/mol. The molecule has 0 saturated heterocycles. The lowest BCUT2D eigenvalue weighted by Crippen LogP contribution is -2.52. The van der Waals surface area contributed by atoms with Crippen molar-refractivity contribution in [1.29, 1.82) is 0 Å². The van der Waals surface area contributed by atoms with Crippen molar-refractivity contribution in [3.63, 3.8) is 0 Å². The third-order valence-corrected chi connectivity index (χ3v) is 3.78. The fourth-order valence-electron chi connectivity index (χ4n) is 1.89. The highest BCUT2D eigenvalue weighted by Crippen LogP contribution is 2.37. The Morgan fingerprint density at radius 1 is 1.35 bits per heavy atom. The largest absolute Gasteiger partial charge is 0.362 e. The van der Waals surface area contributed by atoms with E-state index in [-0.39, 0.29) is 5.91 Å². The van der Waals surface area contributed by atoms with Crippen LogP contribution in [0.3, 0.4) is 0 Å². The van der Waals surface area contributed by atoms with Gasteiger partial charge in [0.05, 0.1) is 11.9 Å². The van der Waals surface area contributed by atoms with E-state index in [9.17, 15) is 4.79 Å². The van der Waals surface area contributed by atoms with Crippen molar-refractivity contribution in [3.8, 4) is 10.4 Å². The molecule has 0 spiro atoms. The van der Waals surface area contributed by atoms with Crippen LogP contribution in [0.1, 0.15) is 23.5 Å². The first-order valence-corrected chi connectivity index (χ1v) is 6.10. The van der Waals surface area contributed by atoms with E-state index in [0.717, 1.165) is 21.0 Å². The number of hydrogen-bond donors (Lipinski definition) is 3. The number of rotatable bonds is 1. The first kappa shape index (κ1) is 10.3. The van der Waals surface area contributed by atoms with Crippen LogP contribution in [0.15, 0.2) is 18.5 Å². The zero-order valence-electron chi connectivity index (χ0n) is 9.50. The summed E-state index contributed by atoms with van der Waals surface area (Å²) < 4.78 is 0. The third kappa shape index (κ3) is 1.70. The molecule has 6 heteroatoms. The van der Waals surface area contributed by atoms with Gasteiger partial charge in [0.2, 0.25) is 0 Å². The predicted octanol–water partition coefficient (Wildman–Crippen LogP) is 2.03. The van der Waals surface area contributed by atoms with Crippen molar-refractivity contribution < 1.29 is 4.79 Å². The molecule has 3 heterocycles. The van der Waals surface area contributed by atoms with Gasteiger partial charge in [0, 0.05) is 16.6 Å². The SMILES string of the molecule is CC1(C)NC(=O)c2sc(-c3cn[nH]c3)cc2N1. The van der Waals surface area contributed by atoms with Gasteiger partial charge in [-0.1, -0.05) is 0 Å². The number of hydrogen-bond acceptors (Lipinski definition) is 4. The lowest BCUT2D eigenvalue weighted by Gasteiger charge is -2.32. The maximum absolute atomic E-state index is 11.9. The van der Waals surface area contributed by atoms with E-state index in [1.165, 1.54) is 11.3 Å². The van der Waals surface area contributed by atoms with Crippen LogP contribution >= 0.6 is 11.3 Å². The van der Waals surface area contributed by atoms with E-state index in [1.54, 1.807) is 6.20 Å². The summed E-state index contributed by atoms with van der Waals surface area (Å²) in [6.07, 6.45) is 3.57. The number of fused-ring (bicyclic) bond motifs is 1. The highest BCUT2D eigenvalue weighted by Gasteiger charge is 2.31. The first-order valence-electron chi connectivity index (χ1n) is 5.29. The predicted molar refractivity (Wildman–Crippen MR) is 67.1 cm³/mol. The molecule has 0 unspecified atom stereocenters. The van der Waals surface area contributed by atoms with Crippen molar-refractivity contribution in [2.45, 2.75) is 19.5 Å². The molecule has 3 rings (SSSR count). The van der Waals surface area contributed by atoms with E-state index in [0.29, 0.717) is 0 Å². The number of aromatic nitrogens is 2. The summed E-state index contributed by atoms with van der Waals surface area (Å²) in [5, 5.41) is 12.9. The normalized spacial score (nSPS) is 17.2. The summed E-state index contributed by atoms with van der Waals surface area (Å²) in [6, 6.07) is 1.99. The molecule has 0 atom stereocenters. The number of carbonyl (C=O) groups excluding carboxylic acids is 1. The fourth-order valence-corrected chi connectivity index (χ4v) is 2.88. The molecule has 88 valence electrons. The lowest BCUT2D eigenvalue weighted by molar-refractivity contribution is 0.0919. The molecule has 0 fully saturated rings. The van der Waals surface area contributed by atoms with Crippen LogP contribution in [0.2, 0.25) is 0 Å². The number of anilines is 1. The molecule has 1 amide bonds. The molecule has 0 aliphatic carbocycles. The van der Waals surface area contributed by atoms with Gasteiger partial charge in [-0.15, -0.1) is 11.3 Å². The average molecular weight is 248 g/mol. The van der Waals surface area contributed by atoms with E-state index in [1.807, 2.05) is 26.1 Å².